The third-order valence-electron chi connectivity index (χ3n) is 5.75. The predicted molar refractivity (Wildman–Crippen MR) is 110 cm³/mol. The van der Waals surface area contributed by atoms with Gasteiger partial charge in [-0.2, -0.15) is 0 Å². The van der Waals surface area contributed by atoms with Crippen LogP contribution in [0.5, 0.6) is 0 Å². The Bertz CT molecular complexity index is 775. The lowest BCUT2D eigenvalue weighted by Crippen LogP contribution is -2.57. The number of benzene rings is 1. The molecule has 2 aliphatic rings. The summed E-state index contributed by atoms with van der Waals surface area (Å²) < 4.78 is 6.59. The zero-order valence-corrected chi connectivity index (χ0v) is 18.8. The van der Waals surface area contributed by atoms with Crippen LogP contribution in [0.3, 0.4) is 0 Å². The lowest BCUT2D eigenvalue weighted by Gasteiger charge is -2.49. The number of halogens is 1. The van der Waals surface area contributed by atoms with Crippen molar-refractivity contribution in [2.24, 2.45) is 10.8 Å². The van der Waals surface area contributed by atoms with Crippen molar-refractivity contribution in [2.45, 2.75) is 72.4 Å². The molecule has 1 amide bonds. The summed E-state index contributed by atoms with van der Waals surface area (Å²) in [4.78, 5) is 28.0. The lowest BCUT2D eigenvalue weighted by atomic mass is 9.67. The highest BCUT2D eigenvalue weighted by molar-refractivity contribution is 9.10. The molecule has 1 saturated heterocycles. The molecule has 0 aromatic heterocycles. The zero-order chi connectivity index (χ0) is 20.2. The van der Waals surface area contributed by atoms with Crippen LogP contribution in [-0.2, 0) is 11.2 Å². The fourth-order valence-electron chi connectivity index (χ4n) is 4.40. The Morgan fingerprint density at radius 1 is 1.22 bits per heavy atom. The van der Waals surface area contributed by atoms with Gasteiger partial charge in [0.2, 0.25) is 0 Å². The quantitative estimate of drug-likeness (QED) is 0.530. The van der Waals surface area contributed by atoms with Crippen molar-refractivity contribution < 1.29 is 14.3 Å². The van der Waals surface area contributed by atoms with E-state index in [9.17, 15) is 9.59 Å². The maximum Gasteiger partial charge on any atom is 0.410 e. The first-order valence-corrected chi connectivity index (χ1v) is 10.4. The van der Waals surface area contributed by atoms with Crippen molar-refractivity contribution >= 4 is 27.8 Å². The van der Waals surface area contributed by atoms with Gasteiger partial charge < -0.3 is 9.64 Å². The SMILES string of the molecule is CC(C)(C)OC(=O)N1CCC2(Cc3ccc(Br)cc3C2=O)CC1C(C)(C)C. The van der Waals surface area contributed by atoms with Gasteiger partial charge in [0.15, 0.2) is 5.78 Å². The van der Waals surface area contributed by atoms with Gasteiger partial charge in [-0.25, -0.2) is 4.79 Å². The molecule has 27 heavy (non-hydrogen) atoms. The van der Waals surface area contributed by atoms with Crippen LogP contribution >= 0.6 is 15.9 Å². The van der Waals surface area contributed by atoms with Crippen molar-refractivity contribution in [3.63, 3.8) is 0 Å². The second-order valence-corrected chi connectivity index (χ2v) is 11.0. The van der Waals surface area contributed by atoms with Crippen LogP contribution in [0.2, 0.25) is 0 Å². The molecule has 1 aliphatic carbocycles. The van der Waals surface area contributed by atoms with Gasteiger partial charge >= 0.3 is 6.09 Å². The largest absolute Gasteiger partial charge is 0.444 e. The molecule has 1 aromatic rings. The highest BCUT2D eigenvalue weighted by Gasteiger charge is 2.53. The van der Waals surface area contributed by atoms with E-state index < -0.39 is 11.0 Å². The molecular weight excluding hydrogens is 406 g/mol. The number of Topliss-reactive ketones (excluding diaryl/α,β-unsaturated/α-hetero) is 1. The summed E-state index contributed by atoms with van der Waals surface area (Å²) in [6.07, 6.45) is 1.86. The molecule has 0 N–H and O–H groups in total. The number of likely N-dealkylation sites (tertiary alicyclic amines) is 1. The van der Waals surface area contributed by atoms with Gasteiger partial charge in [-0.05, 0) is 63.1 Å². The van der Waals surface area contributed by atoms with E-state index in [1.807, 2.05) is 37.8 Å². The summed E-state index contributed by atoms with van der Waals surface area (Å²) in [6.45, 7) is 12.6. The van der Waals surface area contributed by atoms with Crippen LogP contribution in [0.15, 0.2) is 22.7 Å². The Morgan fingerprint density at radius 3 is 2.48 bits per heavy atom. The third kappa shape index (κ3) is 3.94. The molecule has 1 spiro atoms. The highest BCUT2D eigenvalue weighted by atomic mass is 79.9. The Hall–Kier alpha value is -1.36. The van der Waals surface area contributed by atoms with Gasteiger partial charge in [-0.1, -0.05) is 42.8 Å². The van der Waals surface area contributed by atoms with Gasteiger partial charge in [-0.3, -0.25) is 4.79 Å². The highest BCUT2D eigenvalue weighted by Crippen LogP contribution is 2.49. The first kappa shape index (κ1) is 20.4. The van der Waals surface area contributed by atoms with Crippen LogP contribution in [-0.4, -0.2) is 35.0 Å². The van der Waals surface area contributed by atoms with Crippen LogP contribution in [0, 0.1) is 10.8 Å². The number of fused-ring (bicyclic) bond motifs is 1. The summed E-state index contributed by atoms with van der Waals surface area (Å²) in [5.74, 6) is 0.233. The molecule has 0 bridgehead atoms. The number of nitrogens with zero attached hydrogens (tertiary/aromatic N) is 1. The van der Waals surface area contributed by atoms with Crippen LogP contribution in [0.25, 0.3) is 0 Å². The molecule has 0 saturated carbocycles. The fraction of sp³-hybridized carbons (Fsp3) is 0.636. The molecule has 1 aliphatic heterocycles. The van der Waals surface area contributed by atoms with Crippen LogP contribution in [0.1, 0.15) is 70.3 Å². The summed E-state index contributed by atoms with van der Waals surface area (Å²) in [5, 5.41) is 0. The lowest BCUT2D eigenvalue weighted by molar-refractivity contribution is -0.0271. The molecule has 2 atom stereocenters. The topological polar surface area (TPSA) is 46.6 Å². The van der Waals surface area contributed by atoms with E-state index in [0.29, 0.717) is 19.4 Å². The second-order valence-electron chi connectivity index (χ2n) is 10.1. The van der Waals surface area contributed by atoms with Gasteiger partial charge in [0.05, 0.1) is 0 Å². The molecule has 2 unspecified atom stereocenters. The number of piperidine rings is 1. The number of carbonyl (C=O) groups excluding carboxylic acids is 2. The Kier molecular flexibility index (Phi) is 4.99. The van der Waals surface area contributed by atoms with Gasteiger partial charge in [0.25, 0.3) is 0 Å². The number of carbonyl (C=O) groups is 2. The second kappa shape index (κ2) is 6.61. The molecule has 1 heterocycles. The van der Waals surface area contributed by atoms with E-state index in [2.05, 4.69) is 42.8 Å². The average molecular weight is 436 g/mol. The molecule has 1 aromatic carbocycles. The maximum absolute atomic E-state index is 13.3. The van der Waals surface area contributed by atoms with Crippen molar-refractivity contribution in [1.82, 2.24) is 4.90 Å². The summed E-state index contributed by atoms with van der Waals surface area (Å²) >= 11 is 3.48. The number of rotatable bonds is 0. The minimum absolute atomic E-state index is 0.0391. The van der Waals surface area contributed by atoms with E-state index in [4.69, 9.17) is 4.74 Å². The van der Waals surface area contributed by atoms with Gasteiger partial charge in [0.1, 0.15) is 5.60 Å². The normalized spacial score (nSPS) is 25.7. The van der Waals surface area contributed by atoms with E-state index >= 15 is 0 Å². The summed E-state index contributed by atoms with van der Waals surface area (Å²) in [5.41, 5.74) is 0.893. The molecule has 5 heteroatoms. The zero-order valence-electron chi connectivity index (χ0n) is 17.2. The Morgan fingerprint density at radius 2 is 1.89 bits per heavy atom. The van der Waals surface area contributed by atoms with Crippen molar-refractivity contribution in [1.29, 1.82) is 0 Å². The minimum atomic E-state index is -0.527. The van der Waals surface area contributed by atoms with E-state index in [0.717, 1.165) is 22.0 Å². The first-order chi connectivity index (χ1) is 12.3. The molecule has 1 fully saturated rings. The maximum atomic E-state index is 13.3. The van der Waals surface area contributed by atoms with Gasteiger partial charge in [0, 0.05) is 28.0 Å². The fourth-order valence-corrected chi connectivity index (χ4v) is 4.76. The molecule has 148 valence electrons. The van der Waals surface area contributed by atoms with Crippen molar-refractivity contribution in [3.05, 3.63) is 33.8 Å². The molecule has 3 rings (SSSR count). The van der Waals surface area contributed by atoms with Crippen molar-refractivity contribution in [2.75, 3.05) is 6.54 Å². The standard InChI is InChI=1S/C22H30BrNO3/c1-20(2,3)17-13-22(9-10-24(17)19(26)27-21(4,5)6)12-14-7-8-15(23)11-16(14)18(22)25/h7-8,11,17H,9-10,12-13H2,1-6H3. The molecular formula is C22H30BrNO3. The number of amides is 1. The number of ketones is 1. The molecule has 0 radical (unpaired) electrons. The van der Waals surface area contributed by atoms with E-state index in [1.165, 1.54) is 0 Å². The summed E-state index contributed by atoms with van der Waals surface area (Å²) in [7, 11) is 0. The molecule has 4 nitrogen and oxygen atoms in total. The average Bonchev–Trinajstić information content (AvgIpc) is 2.77. The van der Waals surface area contributed by atoms with Crippen LogP contribution < -0.4 is 0 Å². The number of hydrogen-bond acceptors (Lipinski definition) is 3. The van der Waals surface area contributed by atoms with Gasteiger partial charge in [-0.15, -0.1) is 0 Å². The number of hydrogen-bond donors (Lipinski definition) is 0. The Balaban J connectivity index is 1.90. The Labute approximate surface area is 170 Å². The van der Waals surface area contributed by atoms with E-state index in [-0.39, 0.29) is 23.3 Å². The van der Waals surface area contributed by atoms with Crippen molar-refractivity contribution in [3.8, 4) is 0 Å². The predicted octanol–water partition coefficient (Wildman–Crippen LogP) is 5.62. The monoisotopic (exact) mass is 435 g/mol. The number of ether oxygens (including phenoxy) is 1. The van der Waals surface area contributed by atoms with Crippen LogP contribution in [0.4, 0.5) is 4.79 Å². The first-order valence-electron chi connectivity index (χ1n) is 9.65. The summed E-state index contributed by atoms with van der Waals surface area (Å²) in [6, 6.07) is 5.96. The van der Waals surface area contributed by atoms with E-state index in [1.54, 1.807) is 0 Å². The third-order valence-corrected chi connectivity index (χ3v) is 6.24. The smallest absolute Gasteiger partial charge is 0.410 e. The minimum Gasteiger partial charge on any atom is -0.444 e.